The van der Waals surface area contributed by atoms with Crippen LogP contribution in [0.2, 0.25) is 5.02 Å². The van der Waals surface area contributed by atoms with Crippen LogP contribution in [0.5, 0.6) is 0 Å². The average Bonchev–Trinajstić information content (AvgIpc) is 2.96. The largest absolute Gasteiger partial charge is 0.459 e. The maximum Gasteiger partial charge on any atom is 0.134 e. The van der Waals surface area contributed by atoms with Crippen LogP contribution in [0.4, 0.5) is 0 Å². The number of fused-ring (bicyclic) bond motifs is 1. The van der Waals surface area contributed by atoms with E-state index in [1.807, 2.05) is 24.3 Å². The number of benzene rings is 1. The van der Waals surface area contributed by atoms with Crippen molar-refractivity contribution < 1.29 is 4.42 Å². The molecule has 2 aromatic rings. The molecule has 1 fully saturated rings. The summed E-state index contributed by atoms with van der Waals surface area (Å²) in [5, 5.41) is 1.78. The van der Waals surface area contributed by atoms with E-state index in [2.05, 4.69) is 0 Å². The van der Waals surface area contributed by atoms with E-state index in [-0.39, 0.29) is 6.04 Å². The zero-order chi connectivity index (χ0) is 12.5. The van der Waals surface area contributed by atoms with E-state index in [1.54, 1.807) is 0 Å². The minimum absolute atomic E-state index is 0.0132. The third-order valence-corrected chi connectivity index (χ3v) is 4.16. The molecule has 0 amide bonds. The lowest BCUT2D eigenvalue weighted by Crippen LogP contribution is -2.13. The van der Waals surface area contributed by atoms with Crippen LogP contribution in [0.1, 0.15) is 43.9 Å². The summed E-state index contributed by atoms with van der Waals surface area (Å²) in [5.74, 6) is 1.66. The van der Waals surface area contributed by atoms with Gasteiger partial charge in [-0.2, -0.15) is 0 Å². The van der Waals surface area contributed by atoms with E-state index >= 15 is 0 Å². The molecule has 2 N–H and O–H groups in total. The Hall–Kier alpha value is -0.990. The number of hydrogen-bond acceptors (Lipinski definition) is 2. The van der Waals surface area contributed by atoms with Gasteiger partial charge in [0, 0.05) is 10.4 Å². The van der Waals surface area contributed by atoms with Crippen molar-refractivity contribution in [3.8, 4) is 0 Å². The highest BCUT2D eigenvalue weighted by Gasteiger charge is 2.21. The second kappa shape index (κ2) is 4.94. The fourth-order valence-electron chi connectivity index (χ4n) is 2.94. The number of hydrogen-bond donors (Lipinski definition) is 1. The summed E-state index contributed by atoms with van der Waals surface area (Å²) in [6.45, 7) is 0. The minimum Gasteiger partial charge on any atom is -0.459 e. The van der Waals surface area contributed by atoms with Gasteiger partial charge in [-0.05, 0) is 36.6 Å². The van der Waals surface area contributed by atoms with E-state index in [0.717, 1.165) is 34.1 Å². The quantitative estimate of drug-likeness (QED) is 0.874. The van der Waals surface area contributed by atoms with Crippen molar-refractivity contribution in [3.05, 3.63) is 35.0 Å². The van der Waals surface area contributed by atoms with Gasteiger partial charge in [0.05, 0.1) is 6.04 Å². The Morgan fingerprint density at radius 3 is 2.83 bits per heavy atom. The van der Waals surface area contributed by atoms with Crippen molar-refractivity contribution in [2.24, 2.45) is 11.7 Å². The molecule has 1 aromatic heterocycles. The first-order valence-electron chi connectivity index (χ1n) is 6.67. The van der Waals surface area contributed by atoms with Crippen molar-refractivity contribution in [3.63, 3.8) is 0 Å². The molecule has 0 spiro atoms. The normalized spacial score (nSPS) is 18.6. The molecular formula is C15H18ClNO. The van der Waals surface area contributed by atoms with E-state index in [0.29, 0.717) is 0 Å². The molecule has 0 aliphatic heterocycles. The molecule has 0 bridgehead atoms. The monoisotopic (exact) mass is 263 g/mol. The highest BCUT2D eigenvalue weighted by Crippen LogP contribution is 2.34. The van der Waals surface area contributed by atoms with E-state index < -0.39 is 0 Å². The fourth-order valence-corrected chi connectivity index (χ4v) is 3.12. The number of furan rings is 1. The molecule has 3 rings (SSSR count). The van der Waals surface area contributed by atoms with Crippen molar-refractivity contribution >= 4 is 22.6 Å². The maximum absolute atomic E-state index is 6.25. The van der Waals surface area contributed by atoms with Gasteiger partial charge in [0.2, 0.25) is 0 Å². The van der Waals surface area contributed by atoms with Crippen LogP contribution >= 0.6 is 11.6 Å². The van der Waals surface area contributed by atoms with Crippen molar-refractivity contribution in [1.29, 1.82) is 0 Å². The highest BCUT2D eigenvalue weighted by molar-refractivity contribution is 6.31. The van der Waals surface area contributed by atoms with Gasteiger partial charge >= 0.3 is 0 Å². The summed E-state index contributed by atoms with van der Waals surface area (Å²) in [6.07, 6.45) is 6.38. The molecule has 1 heterocycles. The summed E-state index contributed by atoms with van der Waals surface area (Å²) in [4.78, 5) is 0. The molecule has 96 valence electrons. The van der Waals surface area contributed by atoms with Gasteiger partial charge in [-0.1, -0.05) is 37.3 Å². The standard InChI is InChI=1S/C15H18ClNO/c16-12-5-6-14-11(8-12)9-15(18-14)13(17)7-10-3-1-2-4-10/h5-6,8-10,13H,1-4,7,17H2. The second-order valence-electron chi connectivity index (χ2n) is 5.32. The first-order chi connectivity index (χ1) is 8.72. The minimum atomic E-state index is 0.0132. The van der Waals surface area contributed by atoms with Gasteiger partial charge in [0.15, 0.2) is 0 Å². The van der Waals surface area contributed by atoms with E-state index in [9.17, 15) is 0 Å². The zero-order valence-corrected chi connectivity index (χ0v) is 11.1. The van der Waals surface area contributed by atoms with Crippen LogP contribution in [0.25, 0.3) is 11.0 Å². The van der Waals surface area contributed by atoms with Gasteiger partial charge in [0.25, 0.3) is 0 Å². The molecule has 1 atom stereocenters. The van der Waals surface area contributed by atoms with Gasteiger partial charge in [-0.15, -0.1) is 0 Å². The van der Waals surface area contributed by atoms with Gasteiger partial charge in [-0.3, -0.25) is 0 Å². The lowest BCUT2D eigenvalue weighted by Gasteiger charge is -2.13. The molecule has 18 heavy (non-hydrogen) atoms. The van der Waals surface area contributed by atoms with Crippen LogP contribution in [-0.2, 0) is 0 Å². The lowest BCUT2D eigenvalue weighted by molar-refractivity contribution is 0.401. The molecule has 2 nitrogen and oxygen atoms in total. The number of nitrogens with two attached hydrogens (primary N) is 1. The smallest absolute Gasteiger partial charge is 0.134 e. The third kappa shape index (κ3) is 2.40. The molecule has 1 aliphatic carbocycles. The SMILES string of the molecule is NC(CC1CCCC1)c1cc2cc(Cl)ccc2o1. The summed E-state index contributed by atoms with van der Waals surface area (Å²) in [6, 6.07) is 7.72. The van der Waals surface area contributed by atoms with Crippen molar-refractivity contribution in [2.75, 3.05) is 0 Å². The van der Waals surface area contributed by atoms with Crippen LogP contribution in [0, 0.1) is 5.92 Å². The Morgan fingerprint density at radius 1 is 1.28 bits per heavy atom. The lowest BCUT2D eigenvalue weighted by atomic mass is 9.97. The zero-order valence-electron chi connectivity index (χ0n) is 10.4. The summed E-state index contributed by atoms with van der Waals surface area (Å²) < 4.78 is 5.81. The Bertz CT molecular complexity index is 542. The van der Waals surface area contributed by atoms with Crippen molar-refractivity contribution in [2.45, 2.75) is 38.1 Å². The topological polar surface area (TPSA) is 39.2 Å². The summed E-state index contributed by atoms with van der Waals surface area (Å²) >= 11 is 5.97. The molecule has 0 saturated heterocycles. The summed E-state index contributed by atoms with van der Waals surface area (Å²) in [7, 11) is 0. The molecule has 1 aromatic carbocycles. The summed E-state index contributed by atoms with van der Waals surface area (Å²) in [5.41, 5.74) is 7.12. The average molecular weight is 264 g/mol. The highest BCUT2D eigenvalue weighted by atomic mass is 35.5. The molecule has 0 radical (unpaired) electrons. The van der Waals surface area contributed by atoms with Crippen LogP contribution in [-0.4, -0.2) is 0 Å². The Morgan fingerprint density at radius 2 is 2.06 bits per heavy atom. The van der Waals surface area contributed by atoms with Gasteiger partial charge < -0.3 is 10.2 Å². The second-order valence-corrected chi connectivity index (χ2v) is 5.76. The van der Waals surface area contributed by atoms with Crippen LogP contribution in [0.15, 0.2) is 28.7 Å². The predicted molar refractivity (Wildman–Crippen MR) is 74.7 cm³/mol. The third-order valence-electron chi connectivity index (χ3n) is 3.92. The molecule has 1 unspecified atom stereocenters. The van der Waals surface area contributed by atoms with Crippen molar-refractivity contribution in [1.82, 2.24) is 0 Å². The first kappa shape index (κ1) is 12.1. The molecule has 3 heteroatoms. The fraction of sp³-hybridized carbons (Fsp3) is 0.467. The van der Waals surface area contributed by atoms with E-state index in [4.69, 9.17) is 21.8 Å². The van der Waals surface area contributed by atoms with Gasteiger partial charge in [-0.25, -0.2) is 0 Å². The Balaban J connectivity index is 1.80. The van der Waals surface area contributed by atoms with Crippen LogP contribution in [0.3, 0.4) is 0 Å². The van der Waals surface area contributed by atoms with Crippen LogP contribution < -0.4 is 5.73 Å². The molecule has 1 saturated carbocycles. The van der Waals surface area contributed by atoms with Gasteiger partial charge in [0.1, 0.15) is 11.3 Å². The Labute approximate surface area is 112 Å². The first-order valence-corrected chi connectivity index (χ1v) is 7.05. The Kier molecular flexibility index (Phi) is 3.31. The van der Waals surface area contributed by atoms with E-state index in [1.165, 1.54) is 25.7 Å². The molecular weight excluding hydrogens is 246 g/mol. The number of rotatable bonds is 3. The maximum atomic E-state index is 6.25. The molecule has 1 aliphatic rings. The number of halogens is 1. The predicted octanol–water partition coefficient (Wildman–Crippen LogP) is 4.67.